The van der Waals surface area contributed by atoms with Gasteiger partial charge in [0, 0.05) is 135 Å². The predicted octanol–water partition coefficient (Wildman–Crippen LogP) is 31.1. The topological polar surface area (TPSA) is 166 Å². The largest absolute Gasteiger partial charge is 0.385 e. The third-order valence-corrected chi connectivity index (χ3v) is 15.9. The molecule has 18 nitrogen and oxygen atoms in total. The Morgan fingerprint density at radius 2 is 0.528 bits per heavy atom. The molecule has 2 saturated carbocycles. The molecule has 18 heteroatoms. The van der Waals surface area contributed by atoms with Crippen LogP contribution in [0.15, 0.2) is 0 Å². The van der Waals surface area contributed by atoms with Crippen molar-refractivity contribution >= 4 is 0 Å². The van der Waals surface area contributed by atoms with E-state index < -0.39 is 0 Å². The highest BCUT2D eigenvalue weighted by molar-refractivity contribution is 4.68. The van der Waals surface area contributed by atoms with Crippen molar-refractivity contribution in [3.8, 4) is 0 Å². The van der Waals surface area contributed by atoms with Crippen LogP contribution in [0.5, 0.6) is 0 Å². The molecule has 0 N–H and O–H groups in total. The second kappa shape index (κ2) is 144. The van der Waals surface area contributed by atoms with Crippen molar-refractivity contribution in [2.45, 2.75) is 562 Å². The van der Waals surface area contributed by atoms with Crippen molar-refractivity contribution in [1.29, 1.82) is 0 Å². The molecule has 0 heterocycles. The van der Waals surface area contributed by atoms with Gasteiger partial charge in [-0.05, 0) is 332 Å². The average molecular weight is 1790 g/mol. The van der Waals surface area contributed by atoms with Crippen LogP contribution in [0, 0.1) is 0 Å². The lowest BCUT2D eigenvalue weighted by Gasteiger charge is -2.23. The van der Waals surface area contributed by atoms with Crippen LogP contribution in [0.4, 0.5) is 0 Å². The lowest BCUT2D eigenvalue weighted by atomic mass is 9.98. The van der Waals surface area contributed by atoms with Crippen molar-refractivity contribution in [3.05, 3.63) is 0 Å². The van der Waals surface area contributed by atoms with Crippen molar-refractivity contribution in [3.63, 3.8) is 0 Å². The number of methoxy groups -OCH3 is 5. The summed E-state index contributed by atoms with van der Waals surface area (Å²) in [5.74, 6) is 0. The zero-order valence-corrected chi connectivity index (χ0v) is 94.0. The molecule has 2 aliphatic carbocycles. The third kappa shape index (κ3) is 243. The van der Waals surface area contributed by atoms with Crippen molar-refractivity contribution in [1.82, 2.24) is 0 Å². The highest BCUT2D eigenvalue weighted by Gasteiger charge is 2.16. The Morgan fingerprint density at radius 3 is 0.699 bits per heavy atom. The minimum Gasteiger partial charge on any atom is -0.385 e. The van der Waals surface area contributed by atoms with E-state index in [-0.39, 0.29) is 11.2 Å². The fourth-order valence-corrected chi connectivity index (χ4v) is 8.45. The van der Waals surface area contributed by atoms with Gasteiger partial charge < -0.3 is 85.3 Å². The smallest absolute Gasteiger partial charge is 0.0598 e. The van der Waals surface area contributed by atoms with Gasteiger partial charge in [0.25, 0.3) is 0 Å². The van der Waals surface area contributed by atoms with Gasteiger partial charge >= 0.3 is 0 Å². The molecular formula is C105H242O18. The summed E-state index contributed by atoms with van der Waals surface area (Å²) in [5, 5.41) is 0. The van der Waals surface area contributed by atoms with E-state index in [4.69, 9.17) is 80.5 Å². The molecule has 0 aromatic heterocycles. The van der Waals surface area contributed by atoms with Gasteiger partial charge in [0.1, 0.15) is 0 Å². The molecule has 0 saturated heterocycles. The van der Waals surface area contributed by atoms with Crippen LogP contribution in [0.3, 0.4) is 0 Å². The van der Waals surface area contributed by atoms with E-state index >= 15 is 0 Å². The van der Waals surface area contributed by atoms with E-state index in [0.717, 1.165) is 144 Å². The molecule has 0 amide bonds. The van der Waals surface area contributed by atoms with E-state index in [0.29, 0.717) is 85.5 Å². The van der Waals surface area contributed by atoms with E-state index in [1.807, 2.05) is 132 Å². The zero-order valence-electron chi connectivity index (χ0n) is 94.0. The first-order valence-electron chi connectivity index (χ1n) is 50.4. The lowest BCUT2D eigenvalue weighted by Crippen LogP contribution is -2.20. The fourth-order valence-electron chi connectivity index (χ4n) is 8.45. The third-order valence-electron chi connectivity index (χ3n) is 15.9. The van der Waals surface area contributed by atoms with Gasteiger partial charge in [0.05, 0.1) is 96.7 Å². The van der Waals surface area contributed by atoms with E-state index in [2.05, 4.69) is 185 Å². The number of hydrogen-bond donors (Lipinski definition) is 0. The Balaban J connectivity index is -0.0000000707. The van der Waals surface area contributed by atoms with E-state index in [9.17, 15) is 0 Å². The Labute approximate surface area is 778 Å². The van der Waals surface area contributed by atoms with Crippen LogP contribution in [-0.2, 0) is 85.3 Å². The van der Waals surface area contributed by atoms with Gasteiger partial charge in [-0.2, -0.15) is 0 Å². The molecule has 2 aliphatic rings. The van der Waals surface area contributed by atoms with Gasteiger partial charge in [0.15, 0.2) is 0 Å². The van der Waals surface area contributed by atoms with Crippen LogP contribution in [-0.4, -0.2) is 231 Å². The summed E-state index contributed by atoms with van der Waals surface area (Å²) in [6.45, 7) is 106. The Hall–Kier alpha value is -0.720. The molecule has 0 aliphatic heterocycles. The minimum atomic E-state index is 0.0417. The van der Waals surface area contributed by atoms with Gasteiger partial charge in [-0.15, -0.1) is 0 Å². The number of unbranched alkanes of at least 4 members (excludes halogenated alkanes) is 1. The van der Waals surface area contributed by atoms with Crippen LogP contribution in [0.1, 0.15) is 466 Å². The highest BCUT2D eigenvalue weighted by atomic mass is 16.5. The predicted molar refractivity (Wildman–Crippen MR) is 547 cm³/mol. The van der Waals surface area contributed by atoms with Crippen LogP contribution in [0.25, 0.3) is 0 Å². The summed E-state index contributed by atoms with van der Waals surface area (Å²) < 4.78 is 92.1. The zero-order chi connectivity index (χ0) is 99.4. The first-order chi connectivity index (χ1) is 57.8. The maximum atomic E-state index is 5.69. The van der Waals surface area contributed by atoms with Crippen LogP contribution >= 0.6 is 0 Å². The Morgan fingerprint density at radius 1 is 0.244 bits per heavy atom. The molecule has 0 aromatic rings. The highest BCUT2D eigenvalue weighted by Crippen LogP contribution is 2.22. The maximum absolute atomic E-state index is 5.69. The number of rotatable bonds is 44. The molecule has 0 aromatic carbocycles. The summed E-state index contributed by atoms with van der Waals surface area (Å²) in [4.78, 5) is 0. The van der Waals surface area contributed by atoms with Gasteiger partial charge in [-0.1, -0.05) is 134 Å². The fraction of sp³-hybridized carbons (Fsp3) is 1.00. The number of hydrogen-bond acceptors (Lipinski definition) is 18. The minimum absolute atomic E-state index is 0.0417. The molecule has 0 bridgehead atoms. The lowest BCUT2D eigenvalue weighted by molar-refractivity contribution is -0.0118. The average Bonchev–Trinajstić information content (AvgIpc) is 1.94. The quantitative estimate of drug-likeness (QED) is 0.0528. The summed E-state index contributed by atoms with van der Waals surface area (Å²) >= 11 is 0. The van der Waals surface area contributed by atoms with Gasteiger partial charge in [0.2, 0.25) is 0 Å². The Kier molecular flexibility index (Phi) is 187. The molecule has 0 spiro atoms. The molecule has 6 atom stereocenters. The molecule has 770 valence electrons. The molecule has 0 radical (unpaired) electrons. The molecule has 2 fully saturated rings. The number of ether oxygens (including phenoxy) is 18. The first-order valence-corrected chi connectivity index (χ1v) is 50.4. The van der Waals surface area contributed by atoms with Crippen LogP contribution < -0.4 is 0 Å². The second-order valence-corrected chi connectivity index (χ2v) is 33.3. The normalized spacial score (nSPS) is 13.3. The second-order valence-electron chi connectivity index (χ2n) is 33.3. The van der Waals surface area contributed by atoms with Crippen molar-refractivity contribution < 1.29 is 85.3 Å². The summed E-state index contributed by atoms with van der Waals surface area (Å²) in [6.07, 6.45) is 35.9. The first kappa shape index (κ1) is 159. The Bertz CT molecular complexity index is 1500. The molecule has 2 rings (SSSR count). The van der Waals surface area contributed by atoms with E-state index in [1.165, 1.54) is 109 Å². The van der Waals surface area contributed by atoms with Crippen LogP contribution in [0.2, 0.25) is 0 Å². The summed E-state index contributed by atoms with van der Waals surface area (Å²) in [5.41, 5.74) is 0.0920. The van der Waals surface area contributed by atoms with Crippen molar-refractivity contribution in [2.75, 3.05) is 135 Å². The van der Waals surface area contributed by atoms with Crippen molar-refractivity contribution in [2.24, 2.45) is 0 Å². The molecule has 123 heavy (non-hydrogen) atoms. The SMILES string of the molecule is CC(C)OC1CCCC1.CC(C)OC1CCCCC1.CCC(C)OC.CCCC(C)OC.CCCC(C)OCC.CCCCOCC.CCCOC(C)C.CCCOC(C)CC.CCCOC(C)CCC.CCCOCC.CCOC.CCOC(C)(C)C.CCOC(C)C.CCOC(C)C.CCOC(C)CC.CCOCC.COC(C)(C)C.COC(C)C. The van der Waals surface area contributed by atoms with E-state index in [1.54, 1.807) is 35.5 Å². The maximum Gasteiger partial charge on any atom is 0.0598 e. The summed E-state index contributed by atoms with van der Waals surface area (Å²) in [6, 6.07) is 0. The summed E-state index contributed by atoms with van der Waals surface area (Å²) in [7, 11) is 8.57. The van der Waals surface area contributed by atoms with Gasteiger partial charge in [-0.3, -0.25) is 0 Å². The monoisotopic (exact) mass is 1790 g/mol. The standard InChI is InChI=1S/C9H18O.C8H16O.C8H18O.2C7H16O.5C6H14O.5C5H12O.2C4H10O.C3H8O/c1-8(2)10-9-6-4-3-5-7-9;1-7(2)9-8-5-3-4-6-8;1-4-6-8(3)9-7-5-2;1-4-6-7(3)8-5-2;1-4-6-8-7(3)5-2;1-5-7-6(2,3)4;1-4-5-6(2)7-3;1-4-5-7-6(2)3;1-4-6(3)7-5-2;1-3-5-6-7-4-2;1-5(2,3)6-4;1-4-5(2)6-3;2*1-4-6-5(2)3;1-3-5-6-4-2;1-4(2)5-3;1-3-5-4-2;1-3-4-2/h8-9H,3-7H2,1-2H3;7-8H,3-6H2,1-2H3;8H,4-7H2,1-3H3;2*7H,4-6H2,1-3H3;5H2,1-4H3;3*6H,4-5H2,1-3H3;3-6H2,1-2H3;1-4H3;3*5H,4H2,1-3H3;3-5H2,1-2H3;4H,1-3H3;3-4H2,1-2H3;3H2,1-2H3. The van der Waals surface area contributed by atoms with Gasteiger partial charge in [-0.25, -0.2) is 0 Å². The molecule has 6 unspecified atom stereocenters. The molecular weight excluding hydrogens is 1550 g/mol.